The summed E-state index contributed by atoms with van der Waals surface area (Å²) in [7, 11) is 0. The second-order valence-electron chi connectivity index (χ2n) is 6.79. The molecule has 4 nitrogen and oxygen atoms in total. The molecular weight excluding hydrogens is 286 g/mol. The predicted octanol–water partition coefficient (Wildman–Crippen LogP) is 1.88. The van der Waals surface area contributed by atoms with E-state index in [1.807, 2.05) is 0 Å². The molecular formula is C16H30ClN3O. The summed E-state index contributed by atoms with van der Waals surface area (Å²) in [4.78, 5) is 17.4. The Morgan fingerprint density at radius 3 is 2.29 bits per heavy atom. The van der Waals surface area contributed by atoms with Crippen LogP contribution in [0.25, 0.3) is 0 Å². The zero-order valence-electron chi connectivity index (χ0n) is 13.2. The molecule has 0 radical (unpaired) electrons. The maximum absolute atomic E-state index is 12.7. The Bertz CT molecular complexity index is 338. The number of amides is 1. The fourth-order valence-electron chi connectivity index (χ4n) is 4.19. The van der Waals surface area contributed by atoms with Crippen LogP contribution >= 0.6 is 12.4 Å². The Morgan fingerprint density at radius 1 is 1.00 bits per heavy atom. The van der Waals surface area contributed by atoms with Crippen LogP contribution in [0.3, 0.4) is 0 Å². The fourth-order valence-corrected chi connectivity index (χ4v) is 4.19. The smallest absolute Gasteiger partial charge is 0.227 e. The van der Waals surface area contributed by atoms with Crippen LogP contribution in [-0.2, 0) is 4.79 Å². The highest BCUT2D eigenvalue weighted by atomic mass is 35.5. The summed E-state index contributed by atoms with van der Waals surface area (Å²) in [5.74, 6) is 0.609. The summed E-state index contributed by atoms with van der Waals surface area (Å²) in [6.07, 6.45) is 7.75. The predicted molar refractivity (Wildman–Crippen MR) is 87.8 cm³/mol. The van der Waals surface area contributed by atoms with Crippen molar-refractivity contribution in [3.8, 4) is 0 Å². The first kappa shape index (κ1) is 17.0. The van der Waals surface area contributed by atoms with Crippen LogP contribution in [-0.4, -0.2) is 60.5 Å². The standard InChI is InChI=1S/C16H29N3O.ClH/c1-13-15(7-4-8-17-13)16(20)19-11-9-18(10-12-19)14-5-2-3-6-14;/h13-15,17H,2-12H2,1H3;1H. The van der Waals surface area contributed by atoms with Gasteiger partial charge in [0.25, 0.3) is 0 Å². The minimum absolute atomic E-state index is 0. The maximum Gasteiger partial charge on any atom is 0.227 e. The van der Waals surface area contributed by atoms with Crippen molar-refractivity contribution in [2.75, 3.05) is 32.7 Å². The fraction of sp³-hybridized carbons (Fsp3) is 0.938. The zero-order chi connectivity index (χ0) is 13.9. The number of hydrogen-bond acceptors (Lipinski definition) is 3. The van der Waals surface area contributed by atoms with Gasteiger partial charge in [-0.05, 0) is 39.2 Å². The minimum atomic E-state index is 0. The molecule has 0 spiro atoms. The first-order chi connectivity index (χ1) is 9.75. The number of piperidine rings is 1. The van der Waals surface area contributed by atoms with Gasteiger partial charge in [0, 0.05) is 38.3 Å². The molecule has 2 heterocycles. The lowest BCUT2D eigenvalue weighted by Gasteiger charge is -2.40. The van der Waals surface area contributed by atoms with E-state index in [-0.39, 0.29) is 18.3 Å². The number of carbonyl (C=O) groups excluding carboxylic acids is 1. The number of piperazine rings is 1. The number of hydrogen-bond donors (Lipinski definition) is 1. The van der Waals surface area contributed by atoms with E-state index in [1.54, 1.807) is 0 Å². The monoisotopic (exact) mass is 315 g/mol. The van der Waals surface area contributed by atoms with Gasteiger partial charge in [-0.3, -0.25) is 9.69 Å². The molecule has 21 heavy (non-hydrogen) atoms. The summed E-state index contributed by atoms with van der Waals surface area (Å²) in [6.45, 7) is 7.30. The van der Waals surface area contributed by atoms with E-state index in [4.69, 9.17) is 0 Å². The zero-order valence-corrected chi connectivity index (χ0v) is 14.0. The SMILES string of the molecule is CC1NCCCC1C(=O)N1CCN(C2CCCC2)CC1.Cl. The molecule has 5 heteroatoms. The lowest BCUT2D eigenvalue weighted by Crippen LogP contribution is -2.55. The Morgan fingerprint density at radius 2 is 1.67 bits per heavy atom. The summed E-state index contributed by atoms with van der Waals surface area (Å²) in [6, 6.07) is 1.16. The molecule has 2 saturated heterocycles. The Kier molecular flexibility index (Phi) is 6.33. The van der Waals surface area contributed by atoms with Crippen LogP contribution in [0.5, 0.6) is 0 Å². The Labute approximate surface area is 135 Å². The topological polar surface area (TPSA) is 35.6 Å². The van der Waals surface area contributed by atoms with E-state index in [9.17, 15) is 4.79 Å². The highest BCUT2D eigenvalue weighted by Crippen LogP contribution is 2.25. The summed E-state index contributed by atoms with van der Waals surface area (Å²) >= 11 is 0. The summed E-state index contributed by atoms with van der Waals surface area (Å²) < 4.78 is 0. The molecule has 1 amide bonds. The Balaban J connectivity index is 0.00000161. The van der Waals surface area contributed by atoms with Gasteiger partial charge in [0.05, 0.1) is 5.92 Å². The van der Waals surface area contributed by atoms with Crippen LogP contribution in [0, 0.1) is 5.92 Å². The van der Waals surface area contributed by atoms with Crippen molar-refractivity contribution in [2.45, 2.75) is 57.5 Å². The number of rotatable bonds is 2. The molecule has 2 aliphatic heterocycles. The highest BCUT2D eigenvalue weighted by molar-refractivity contribution is 5.85. The van der Waals surface area contributed by atoms with Crippen LogP contribution < -0.4 is 5.32 Å². The first-order valence-corrected chi connectivity index (χ1v) is 8.52. The average molecular weight is 316 g/mol. The third-order valence-corrected chi connectivity index (χ3v) is 5.55. The van der Waals surface area contributed by atoms with Crippen LogP contribution in [0.4, 0.5) is 0 Å². The molecule has 3 aliphatic rings. The quantitative estimate of drug-likeness (QED) is 0.845. The molecule has 122 valence electrons. The first-order valence-electron chi connectivity index (χ1n) is 8.52. The van der Waals surface area contributed by atoms with E-state index < -0.39 is 0 Å². The molecule has 0 aromatic rings. The lowest BCUT2D eigenvalue weighted by molar-refractivity contribution is -0.139. The van der Waals surface area contributed by atoms with Crippen LogP contribution in [0.2, 0.25) is 0 Å². The van der Waals surface area contributed by atoms with E-state index in [0.29, 0.717) is 11.9 Å². The molecule has 1 saturated carbocycles. The average Bonchev–Trinajstić information content (AvgIpc) is 3.01. The van der Waals surface area contributed by atoms with Crippen LogP contribution in [0.1, 0.15) is 45.4 Å². The molecule has 0 aromatic heterocycles. The summed E-state index contributed by atoms with van der Waals surface area (Å²) in [5, 5.41) is 3.45. The molecule has 3 fully saturated rings. The molecule has 3 rings (SSSR count). The summed E-state index contributed by atoms with van der Waals surface area (Å²) in [5.41, 5.74) is 0. The molecule has 2 unspecified atom stereocenters. The Hall–Kier alpha value is -0.320. The molecule has 1 N–H and O–H groups in total. The number of carbonyl (C=O) groups is 1. The second kappa shape index (κ2) is 7.80. The van der Waals surface area contributed by atoms with Gasteiger partial charge in [-0.25, -0.2) is 0 Å². The molecule has 0 bridgehead atoms. The van der Waals surface area contributed by atoms with Gasteiger partial charge in [0.2, 0.25) is 5.91 Å². The third kappa shape index (κ3) is 3.91. The van der Waals surface area contributed by atoms with Crippen LogP contribution in [0.15, 0.2) is 0 Å². The van der Waals surface area contributed by atoms with Gasteiger partial charge in [0.1, 0.15) is 0 Å². The van der Waals surface area contributed by atoms with E-state index in [1.165, 1.54) is 25.7 Å². The van der Waals surface area contributed by atoms with Gasteiger partial charge in [-0.1, -0.05) is 12.8 Å². The van der Waals surface area contributed by atoms with Gasteiger partial charge < -0.3 is 10.2 Å². The van der Waals surface area contributed by atoms with Gasteiger partial charge in [-0.2, -0.15) is 0 Å². The van der Waals surface area contributed by atoms with Crippen molar-refractivity contribution >= 4 is 18.3 Å². The molecule has 1 aliphatic carbocycles. The van der Waals surface area contributed by atoms with Crippen molar-refractivity contribution in [1.29, 1.82) is 0 Å². The van der Waals surface area contributed by atoms with E-state index in [2.05, 4.69) is 22.0 Å². The van der Waals surface area contributed by atoms with E-state index >= 15 is 0 Å². The normalized spacial score (nSPS) is 32.0. The largest absolute Gasteiger partial charge is 0.340 e. The number of nitrogens with one attached hydrogen (secondary N) is 1. The van der Waals surface area contributed by atoms with Crippen molar-refractivity contribution in [3.63, 3.8) is 0 Å². The third-order valence-electron chi connectivity index (χ3n) is 5.55. The molecule has 0 aromatic carbocycles. The maximum atomic E-state index is 12.7. The van der Waals surface area contributed by atoms with Gasteiger partial charge in [0.15, 0.2) is 0 Å². The van der Waals surface area contributed by atoms with Crippen molar-refractivity contribution in [1.82, 2.24) is 15.1 Å². The second-order valence-corrected chi connectivity index (χ2v) is 6.79. The van der Waals surface area contributed by atoms with Crippen molar-refractivity contribution in [3.05, 3.63) is 0 Å². The molecule has 2 atom stereocenters. The van der Waals surface area contributed by atoms with Gasteiger partial charge in [-0.15, -0.1) is 12.4 Å². The number of halogens is 1. The minimum Gasteiger partial charge on any atom is -0.340 e. The van der Waals surface area contributed by atoms with Gasteiger partial charge >= 0.3 is 0 Å². The van der Waals surface area contributed by atoms with Crippen molar-refractivity contribution in [2.24, 2.45) is 5.92 Å². The highest BCUT2D eigenvalue weighted by Gasteiger charge is 2.33. The van der Waals surface area contributed by atoms with Crippen molar-refractivity contribution < 1.29 is 4.79 Å². The lowest BCUT2D eigenvalue weighted by atomic mass is 9.90. The number of nitrogens with zero attached hydrogens (tertiary/aromatic N) is 2. The van der Waals surface area contributed by atoms with E-state index in [0.717, 1.165) is 51.6 Å².